The maximum absolute atomic E-state index is 13.5. The third-order valence-electron chi connectivity index (χ3n) is 2.30. The standard InChI is InChI=1S/C12H14FNO3/c1-3-10(12(14)16)17-11-5-4-8(7(2)15)6-9(11)13/h4-6,10H,3H2,1-2H3,(H2,14,16). The van der Waals surface area contributed by atoms with E-state index in [4.69, 9.17) is 10.5 Å². The zero-order valence-corrected chi connectivity index (χ0v) is 9.70. The number of primary amides is 1. The lowest BCUT2D eigenvalue weighted by Gasteiger charge is -2.14. The molecule has 0 saturated heterocycles. The van der Waals surface area contributed by atoms with Gasteiger partial charge in [-0.25, -0.2) is 4.39 Å². The molecule has 17 heavy (non-hydrogen) atoms. The highest BCUT2D eigenvalue weighted by atomic mass is 19.1. The van der Waals surface area contributed by atoms with Crippen molar-refractivity contribution in [3.05, 3.63) is 29.6 Å². The molecule has 0 spiro atoms. The minimum absolute atomic E-state index is 0.0827. The molecule has 0 aromatic heterocycles. The summed E-state index contributed by atoms with van der Waals surface area (Å²) in [5.74, 6) is -1.65. The van der Waals surface area contributed by atoms with E-state index in [1.54, 1.807) is 6.92 Å². The van der Waals surface area contributed by atoms with E-state index in [2.05, 4.69) is 0 Å². The van der Waals surface area contributed by atoms with Gasteiger partial charge in [-0.15, -0.1) is 0 Å². The Kier molecular flexibility index (Phi) is 4.20. The predicted octanol–water partition coefficient (Wildman–Crippen LogP) is 1.67. The highest BCUT2D eigenvalue weighted by Gasteiger charge is 2.17. The Bertz CT molecular complexity index is 445. The van der Waals surface area contributed by atoms with Gasteiger partial charge in [0.2, 0.25) is 0 Å². The summed E-state index contributed by atoms with van der Waals surface area (Å²) in [4.78, 5) is 22.0. The quantitative estimate of drug-likeness (QED) is 0.794. The Morgan fingerprint density at radius 2 is 2.12 bits per heavy atom. The summed E-state index contributed by atoms with van der Waals surface area (Å²) in [6.45, 7) is 3.05. The van der Waals surface area contributed by atoms with E-state index in [0.717, 1.165) is 6.07 Å². The summed E-state index contributed by atoms with van der Waals surface area (Å²) in [7, 11) is 0. The maximum Gasteiger partial charge on any atom is 0.258 e. The molecule has 0 bridgehead atoms. The molecule has 1 rings (SSSR count). The largest absolute Gasteiger partial charge is 0.478 e. The molecule has 2 N–H and O–H groups in total. The van der Waals surface area contributed by atoms with Gasteiger partial charge in [0, 0.05) is 5.56 Å². The van der Waals surface area contributed by atoms with Gasteiger partial charge in [0.25, 0.3) is 5.91 Å². The van der Waals surface area contributed by atoms with Gasteiger partial charge in [-0.2, -0.15) is 0 Å². The van der Waals surface area contributed by atoms with Gasteiger partial charge in [0.1, 0.15) is 0 Å². The molecule has 0 aliphatic heterocycles. The molecule has 1 amide bonds. The Morgan fingerprint density at radius 1 is 1.47 bits per heavy atom. The Hall–Kier alpha value is -1.91. The zero-order valence-electron chi connectivity index (χ0n) is 9.70. The van der Waals surface area contributed by atoms with Crippen molar-refractivity contribution in [1.29, 1.82) is 0 Å². The van der Waals surface area contributed by atoms with Crippen molar-refractivity contribution in [1.82, 2.24) is 0 Å². The van der Waals surface area contributed by atoms with Crippen molar-refractivity contribution in [2.45, 2.75) is 26.4 Å². The molecule has 0 saturated carbocycles. The first kappa shape index (κ1) is 13.2. The van der Waals surface area contributed by atoms with E-state index in [9.17, 15) is 14.0 Å². The van der Waals surface area contributed by atoms with E-state index in [0.29, 0.717) is 6.42 Å². The monoisotopic (exact) mass is 239 g/mol. The summed E-state index contributed by atoms with van der Waals surface area (Å²) in [5.41, 5.74) is 5.33. The minimum Gasteiger partial charge on any atom is -0.478 e. The molecule has 4 nitrogen and oxygen atoms in total. The number of halogens is 1. The van der Waals surface area contributed by atoms with Crippen LogP contribution in [0.4, 0.5) is 4.39 Å². The van der Waals surface area contributed by atoms with Gasteiger partial charge < -0.3 is 10.5 Å². The van der Waals surface area contributed by atoms with Crippen LogP contribution in [0.15, 0.2) is 18.2 Å². The van der Waals surface area contributed by atoms with Gasteiger partial charge in [-0.1, -0.05) is 6.92 Å². The van der Waals surface area contributed by atoms with E-state index in [1.165, 1.54) is 19.1 Å². The van der Waals surface area contributed by atoms with E-state index >= 15 is 0 Å². The van der Waals surface area contributed by atoms with E-state index < -0.39 is 17.8 Å². The van der Waals surface area contributed by atoms with Crippen LogP contribution >= 0.6 is 0 Å². The predicted molar refractivity (Wildman–Crippen MR) is 60.3 cm³/mol. The van der Waals surface area contributed by atoms with Crippen molar-refractivity contribution in [2.75, 3.05) is 0 Å². The summed E-state index contributed by atoms with van der Waals surface area (Å²) >= 11 is 0. The average molecular weight is 239 g/mol. The summed E-state index contributed by atoms with van der Waals surface area (Å²) in [5, 5.41) is 0. The first-order chi connectivity index (χ1) is 7.95. The fraction of sp³-hybridized carbons (Fsp3) is 0.333. The van der Waals surface area contributed by atoms with E-state index in [-0.39, 0.29) is 17.1 Å². The third kappa shape index (κ3) is 3.27. The summed E-state index contributed by atoms with van der Waals surface area (Å²) < 4.78 is 18.7. The molecule has 92 valence electrons. The number of hydrogen-bond acceptors (Lipinski definition) is 3. The topological polar surface area (TPSA) is 69.4 Å². The maximum atomic E-state index is 13.5. The molecule has 1 unspecified atom stereocenters. The smallest absolute Gasteiger partial charge is 0.258 e. The number of nitrogens with two attached hydrogens (primary N) is 1. The van der Waals surface area contributed by atoms with Crippen LogP contribution < -0.4 is 10.5 Å². The number of rotatable bonds is 5. The molecule has 0 aliphatic carbocycles. The van der Waals surface area contributed by atoms with Gasteiger partial charge >= 0.3 is 0 Å². The van der Waals surface area contributed by atoms with Crippen molar-refractivity contribution in [3.63, 3.8) is 0 Å². The van der Waals surface area contributed by atoms with Crippen LogP contribution in [0.5, 0.6) is 5.75 Å². The SMILES string of the molecule is CCC(Oc1ccc(C(C)=O)cc1F)C(N)=O. The van der Waals surface area contributed by atoms with Crippen LogP contribution in [-0.4, -0.2) is 17.8 Å². The summed E-state index contributed by atoms with van der Waals surface area (Å²) in [6, 6.07) is 3.83. The number of ether oxygens (including phenoxy) is 1. The number of carbonyl (C=O) groups is 2. The van der Waals surface area contributed by atoms with Gasteiger partial charge in [-0.05, 0) is 31.5 Å². The summed E-state index contributed by atoms with van der Waals surface area (Å²) in [6.07, 6.45) is -0.517. The van der Waals surface area contributed by atoms with Crippen molar-refractivity contribution in [3.8, 4) is 5.75 Å². The lowest BCUT2D eigenvalue weighted by atomic mass is 10.1. The van der Waals surface area contributed by atoms with Crippen molar-refractivity contribution < 1.29 is 18.7 Å². The number of carbonyl (C=O) groups excluding carboxylic acids is 2. The molecular formula is C12H14FNO3. The number of ketones is 1. The number of hydrogen-bond donors (Lipinski definition) is 1. The lowest BCUT2D eigenvalue weighted by molar-refractivity contribution is -0.124. The highest BCUT2D eigenvalue weighted by Crippen LogP contribution is 2.20. The molecule has 5 heteroatoms. The van der Waals surface area contributed by atoms with Crippen molar-refractivity contribution >= 4 is 11.7 Å². The van der Waals surface area contributed by atoms with Crippen LogP contribution in [-0.2, 0) is 4.79 Å². The van der Waals surface area contributed by atoms with Gasteiger partial charge in [0.05, 0.1) is 0 Å². The molecule has 0 fully saturated rings. The zero-order chi connectivity index (χ0) is 13.0. The fourth-order valence-electron chi connectivity index (χ4n) is 1.31. The molecule has 1 atom stereocenters. The van der Waals surface area contributed by atoms with Crippen LogP contribution in [0, 0.1) is 5.82 Å². The van der Waals surface area contributed by atoms with Crippen LogP contribution in [0.25, 0.3) is 0 Å². The van der Waals surface area contributed by atoms with Gasteiger partial charge in [0.15, 0.2) is 23.5 Å². The first-order valence-corrected chi connectivity index (χ1v) is 5.22. The molecule has 0 heterocycles. The molecule has 1 aromatic rings. The molecule has 1 aromatic carbocycles. The minimum atomic E-state index is -0.868. The fourth-order valence-corrected chi connectivity index (χ4v) is 1.31. The third-order valence-corrected chi connectivity index (χ3v) is 2.30. The number of amides is 1. The second-order valence-corrected chi connectivity index (χ2v) is 3.62. The Morgan fingerprint density at radius 3 is 2.53 bits per heavy atom. The normalized spacial score (nSPS) is 11.9. The van der Waals surface area contributed by atoms with Gasteiger partial charge in [-0.3, -0.25) is 9.59 Å². The Balaban J connectivity index is 2.93. The Labute approximate surface area is 98.6 Å². The van der Waals surface area contributed by atoms with Crippen LogP contribution in [0.1, 0.15) is 30.6 Å². The molecular weight excluding hydrogens is 225 g/mol. The molecule has 0 radical (unpaired) electrons. The second kappa shape index (κ2) is 5.43. The first-order valence-electron chi connectivity index (χ1n) is 5.22. The van der Waals surface area contributed by atoms with Crippen LogP contribution in [0.3, 0.4) is 0 Å². The number of Topliss-reactive ketones (excluding diaryl/α,β-unsaturated/α-hetero) is 1. The van der Waals surface area contributed by atoms with E-state index in [1.807, 2.05) is 0 Å². The number of benzene rings is 1. The second-order valence-electron chi connectivity index (χ2n) is 3.62. The lowest BCUT2D eigenvalue weighted by Crippen LogP contribution is -2.33. The average Bonchev–Trinajstić information content (AvgIpc) is 2.26. The highest BCUT2D eigenvalue weighted by molar-refractivity contribution is 5.94. The van der Waals surface area contributed by atoms with Crippen molar-refractivity contribution in [2.24, 2.45) is 5.73 Å². The molecule has 0 aliphatic rings. The van der Waals surface area contributed by atoms with Crippen LogP contribution in [0.2, 0.25) is 0 Å².